The molecule has 0 unspecified atom stereocenters. The van der Waals surface area contributed by atoms with Crippen molar-refractivity contribution >= 4 is 120 Å². The molecule has 0 atom stereocenters. The number of benzene rings is 10. The second-order valence-electron chi connectivity index (χ2n) is 38.4. The van der Waals surface area contributed by atoms with Crippen molar-refractivity contribution < 1.29 is 56.4 Å². The number of amides is 5. The van der Waals surface area contributed by atoms with Gasteiger partial charge in [0.25, 0.3) is 29.5 Å². The molecule has 25 nitrogen and oxygen atoms in total. The molecule has 0 bridgehead atoms. The molecule has 146 heavy (non-hydrogen) atoms. The first-order valence-corrected chi connectivity index (χ1v) is 52.3. The number of halogens is 5. The predicted octanol–water partition coefficient (Wildman–Crippen LogP) is 26.5. The van der Waals surface area contributed by atoms with Crippen molar-refractivity contribution in [2.75, 3.05) is 53.9 Å². The van der Waals surface area contributed by atoms with E-state index in [1.807, 2.05) is 96.8 Å². The lowest BCUT2D eigenvalue weighted by atomic mass is 10.1. The molecule has 0 radical (unpaired) electrons. The van der Waals surface area contributed by atoms with Crippen molar-refractivity contribution in [3.05, 3.63) is 321 Å². The highest BCUT2D eigenvalue weighted by atomic mass is 35.5. The minimum Gasteiger partial charge on any atom is -0.496 e. The van der Waals surface area contributed by atoms with Crippen molar-refractivity contribution in [1.29, 1.82) is 0 Å². The van der Waals surface area contributed by atoms with Crippen LogP contribution >= 0.6 is 34.8 Å². The zero-order chi connectivity index (χ0) is 101. The maximum absolute atomic E-state index is 13.5. The molecule has 7 aliphatic rings. The normalized spacial score (nSPS) is 15.0. The van der Waals surface area contributed by atoms with Gasteiger partial charge < -0.3 is 71.0 Å². The molecule has 22 rings (SSSR count). The van der Waals surface area contributed by atoms with Crippen LogP contribution in [0.4, 0.5) is 8.78 Å². The van der Waals surface area contributed by atoms with Crippen molar-refractivity contribution in [2.45, 2.75) is 218 Å². The average molecular weight is 2030 g/mol. The summed E-state index contributed by atoms with van der Waals surface area (Å²) in [6.07, 6.45) is 29.0. The van der Waals surface area contributed by atoms with Crippen molar-refractivity contribution in [1.82, 2.24) is 72.3 Å². The summed E-state index contributed by atoms with van der Waals surface area (Å²) in [6, 6.07) is 67.2. The standard InChI is InChI=1S/C24H27N3O3.C24H25N3O3.C23H25ClFN3O.C23H23ClFN3O.C22H24ClN3O2/c2*1-2-13-26(24(28)17-11-12-21-22(14-17)30-16-29-21)15-23-25-19-9-5-6-10-20(19)27(23)18-7-3-4-8-18;2*1-2-13-27(23(29)16-11-12-19(25)18(24)14-16)15-22-26-20-9-5-6-10-21(20)28(22)17-7-3-4-8-17;1-25(22(27)17-13-15(23)11-12-20(17)28-2)14-21-24-18-9-5-6-10-19(18)26(21)16-7-3-4-8-16/h5-6,9-12,14,18H,2-4,7-8,13,15-16H2,1H3;2,5-6,9-12,14,18H,1,3-4,7-8,13,15-16H2;5-6,9-12,14,17H,2-4,7-8,13,15H2,1H3;2,5-6,9-12,14,17H,1,3-4,7-8,13,15H2;5-6,9-13,16H,3-4,7-8,14H2,1-2H3. The number of rotatable bonds is 29. The minimum absolute atomic E-state index is 0.000165. The maximum Gasteiger partial charge on any atom is 0.257 e. The predicted molar refractivity (Wildman–Crippen MR) is 568 cm³/mol. The zero-order valence-corrected chi connectivity index (χ0v) is 85.4. The lowest BCUT2D eigenvalue weighted by Crippen LogP contribution is -2.32. The highest BCUT2D eigenvalue weighted by Gasteiger charge is 2.34. The van der Waals surface area contributed by atoms with Gasteiger partial charge in [0.15, 0.2) is 23.0 Å². The van der Waals surface area contributed by atoms with Gasteiger partial charge in [-0.25, -0.2) is 33.7 Å². The van der Waals surface area contributed by atoms with Gasteiger partial charge in [0, 0.05) is 90.7 Å². The van der Waals surface area contributed by atoms with E-state index in [4.69, 9.17) is 83.4 Å². The van der Waals surface area contributed by atoms with E-state index in [1.54, 1.807) is 88.4 Å². The van der Waals surface area contributed by atoms with E-state index in [2.05, 4.69) is 91.4 Å². The second-order valence-corrected chi connectivity index (χ2v) is 39.7. The van der Waals surface area contributed by atoms with Gasteiger partial charge in [0.2, 0.25) is 13.6 Å². The number of hydrogen-bond donors (Lipinski definition) is 0. The van der Waals surface area contributed by atoms with Crippen LogP contribution in [0.1, 0.15) is 266 Å². The summed E-state index contributed by atoms with van der Waals surface area (Å²) >= 11 is 17.9. The van der Waals surface area contributed by atoms with Crippen LogP contribution in [-0.4, -0.2) is 156 Å². The molecule has 5 aliphatic carbocycles. The Bertz CT molecular complexity index is 7230. The van der Waals surface area contributed by atoms with Gasteiger partial charge in [-0.3, -0.25) is 24.0 Å². The van der Waals surface area contributed by atoms with E-state index in [0.29, 0.717) is 151 Å². The summed E-state index contributed by atoms with van der Waals surface area (Å²) in [5, 5.41) is 0.411. The van der Waals surface area contributed by atoms with Crippen molar-refractivity contribution in [3.63, 3.8) is 0 Å². The first-order chi connectivity index (χ1) is 71.2. The number of hydrogen-bond acceptors (Lipinski definition) is 15. The summed E-state index contributed by atoms with van der Waals surface area (Å²) in [5.41, 5.74) is 13.0. The van der Waals surface area contributed by atoms with Crippen LogP contribution in [0.5, 0.6) is 28.7 Å². The number of carbonyl (C=O) groups is 5. The van der Waals surface area contributed by atoms with Crippen LogP contribution in [-0.2, 0) is 32.7 Å². The van der Waals surface area contributed by atoms with Gasteiger partial charge in [-0.2, -0.15) is 0 Å². The van der Waals surface area contributed by atoms with Crippen molar-refractivity contribution in [3.8, 4) is 28.7 Å². The monoisotopic (exact) mass is 2030 g/mol. The third-order valence-corrected chi connectivity index (χ3v) is 29.5. The molecule has 0 saturated heterocycles. The van der Waals surface area contributed by atoms with Crippen LogP contribution in [0, 0.1) is 11.6 Å². The van der Waals surface area contributed by atoms with Gasteiger partial charge >= 0.3 is 0 Å². The largest absolute Gasteiger partial charge is 0.496 e. The molecule has 10 aromatic carbocycles. The Morgan fingerprint density at radius 2 is 0.644 bits per heavy atom. The van der Waals surface area contributed by atoms with Crippen LogP contribution in [0.3, 0.4) is 0 Å². The fraction of sp³-hybridized carbons (Fsp3) is 0.362. The summed E-state index contributed by atoms with van der Waals surface area (Å²) in [5.74, 6) is 6.08. The van der Waals surface area contributed by atoms with Crippen LogP contribution < -0.4 is 23.7 Å². The quantitative estimate of drug-likeness (QED) is 0.0396. The van der Waals surface area contributed by atoms with Crippen molar-refractivity contribution in [2.24, 2.45) is 0 Å². The Kier molecular flexibility index (Phi) is 33.2. The SMILES string of the molecule is C=CCN(Cc1nc2ccccc2n1C1CCCC1)C(=O)c1ccc(F)c(Cl)c1.C=CCN(Cc1nc2ccccc2n1C1CCCC1)C(=O)c1ccc2c(c1)OCO2.CCCN(Cc1nc2ccccc2n1C1CCCC1)C(=O)c1ccc(F)c(Cl)c1.CCCN(Cc1nc2ccccc2n1C1CCCC1)C(=O)c1ccc2c(c1)OCO2.COc1ccc(Cl)cc1C(=O)N(C)Cc1nc2ccccc2n1C1CCCC1. The second kappa shape index (κ2) is 47.5. The Balaban J connectivity index is 0.000000120. The molecule has 2 aliphatic heterocycles. The zero-order valence-electron chi connectivity index (χ0n) is 83.2. The van der Waals surface area contributed by atoms with Gasteiger partial charge in [-0.15, -0.1) is 13.2 Å². The first-order valence-electron chi connectivity index (χ1n) is 51.2. The molecule has 15 aromatic rings. The lowest BCUT2D eigenvalue weighted by molar-refractivity contribution is 0.0729. The number of carbonyl (C=O) groups excluding carboxylic acids is 5. The van der Waals surface area contributed by atoms with Gasteiger partial charge in [0.1, 0.15) is 46.5 Å². The number of fused-ring (bicyclic) bond motifs is 7. The summed E-state index contributed by atoms with van der Waals surface area (Å²) < 4.78 is 65.8. The summed E-state index contributed by atoms with van der Waals surface area (Å²) in [6.45, 7) is 16.4. The lowest BCUT2D eigenvalue weighted by Gasteiger charge is -2.24. The van der Waals surface area contributed by atoms with E-state index < -0.39 is 11.6 Å². The number of nitrogens with zero attached hydrogens (tertiary/aromatic N) is 15. The molecule has 5 saturated carbocycles. The minimum atomic E-state index is -0.540. The molecular formula is C116H124Cl3F2N15O10. The molecular weight excluding hydrogens is 1910 g/mol. The topological polar surface area (TPSA) is 237 Å². The van der Waals surface area contributed by atoms with E-state index in [-0.39, 0.29) is 53.2 Å². The maximum atomic E-state index is 13.5. The Labute approximate surface area is 864 Å². The molecule has 758 valence electrons. The molecule has 0 N–H and O–H groups in total. The molecule has 30 heteroatoms. The first kappa shape index (κ1) is 102. The van der Waals surface area contributed by atoms with Gasteiger partial charge in [-0.1, -0.05) is 186 Å². The summed E-state index contributed by atoms with van der Waals surface area (Å²) in [4.78, 5) is 99.3. The Hall–Kier alpha value is -13.9. The van der Waals surface area contributed by atoms with Crippen LogP contribution in [0.2, 0.25) is 15.1 Å². The number of para-hydroxylation sites is 10. The number of aromatic nitrogens is 10. The molecule has 0 spiro atoms. The molecule has 5 aromatic heterocycles. The molecule has 5 amide bonds. The van der Waals surface area contributed by atoms with Crippen LogP contribution in [0.25, 0.3) is 55.2 Å². The fourth-order valence-corrected chi connectivity index (χ4v) is 22.3. The Morgan fingerprint density at radius 3 is 0.945 bits per heavy atom. The van der Waals surface area contributed by atoms with E-state index in [1.165, 1.54) is 119 Å². The number of imidazole rings is 5. The van der Waals surface area contributed by atoms with E-state index in [0.717, 1.165) is 143 Å². The third-order valence-electron chi connectivity index (χ3n) is 28.6. The van der Waals surface area contributed by atoms with Crippen LogP contribution in [0.15, 0.2) is 238 Å². The number of ether oxygens (including phenoxy) is 5. The average Bonchev–Trinajstić information content (AvgIpc) is 1.63. The highest BCUT2D eigenvalue weighted by Crippen LogP contribution is 2.43. The Morgan fingerprint density at radius 1 is 0.363 bits per heavy atom. The van der Waals surface area contributed by atoms with E-state index in [9.17, 15) is 32.8 Å². The molecule has 7 heterocycles. The summed E-state index contributed by atoms with van der Waals surface area (Å²) in [7, 11) is 3.35. The highest BCUT2D eigenvalue weighted by molar-refractivity contribution is 6.32. The molecule has 5 fully saturated rings. The van der Waals surface area contributed by atoms with Gasteiger partial charge in [-0.05, 0) is 229 Å². The third kappa shape index (κ3) is 23.0. The van der Waals surface area contributed by atoms with Gasteiger partial charge in [0.05, 0.1) is 111 Å². The van der Waals surface area contributed by atoms with E-state index >= 15 is 0 Å². The smallest absolute Gasteiger partial charge is 0.257 e. The number of methoxy groups -OCH3 is 1. The fourth-order valence-electron chi connectivity index (χ4n) is 21.7.